The van der Waals surface area contributed by atoms with Gasteiger partial charge in [0.2, 0.25) is 0 Å². The molecule has 21 heavy (non-hydrogen) atoms. The van der Waals surface area contributed by atoms with Gasteiger partial charge in [-0.25, -0.2) is 0 Å². The number of para-hydroxylation sites is 1. The van der Waals surface area contributed by atoms with Crippen molar-refractivity contribution in [2.75, 3.05) is 33.9 Å². The highest BCUT2D eigenvalue weighted by Crippen LogP contribution is 2.31. The number of piperidine rings is 1. The standard InChI is InChI=1S/C16H24N2O3/c1-16(7-9-17-10-8-16)11-18-15(19)12-5-4-6-13(20-2)14(12)21-3/h4-6,17H,7-11H2,1-3H3,(H,18,19). The summed E-state index contributed by atoms with van der Waals surface area (Å²) in [4.78, 5) is 12.4. The minimum absolute atomic E-state index is 0.120. The number of hydrogen-bond donors (Lipinski definition) is 2. The monoisotopic (exact) mass is 292 g/mol. The third-order valence-corrected chi connectivity index (χ3v) is 4.13. The summed E-state index contributed by atoms with van der Waals surface area (Å²) in [5, 5.41) is 6.38. The van der Waals surface area contributed by atoms with Gasteiger partial charge in [-0.05, 0) is 43.5 Å². The Balaban J connectivity index is 2.06. The maximum atomic E-state index is 12.4. The SMILES string of the molecule is COc1cccc(C(=O)NCC2(C)CCNCC2)c1OC. The summed E-state index contributed by atoms with van der Waals surface area (Å²) in [5.41, 5.74) is 0.668. The molecular weight excluding hydrogens is 268 g/mol. The highest BCUT2D eigenvalue weighted by Gasteiger charge is 2.27. The lowest BCUT2D eigenvalue weighted by Crippen LogP contribution is -2.42. The van der Waals surface area contributed by atoms with E-state index in [9.17, 15) is 4.79 Å². The van der Waals surface area contributed by atoms with Crippen molar-refractivity contribution >= 4 is 5.91 Å². The molecule has 1 aliphatic heterocycles. The first-order valence-electron chi connectivity index (χ1n) is 7.29. The maximum Gasteiger partial charge on any atom is 0.255 e. The molecular formula is C16H24N2O3. The normalized spacial score (nSPS) is 17.1. The van der Waals surface area contributed by atoms with Crippen LogP contribution in [-0.4, -0.2) is 39.8 Å². The van der Waals surface area contributed by atoms with E-state index in [-0.39, 0.29) is 11.3 Å². The minimum atomic E-state index is -0.120. The molecule has 1 aliphatic rings. The number of ether oxygens (including phenoxy) is 2. The average molecular weight is 292 g/mol. The number of hydrogen-bond acceptors (Lipinski definition) is 4. The van der Waals surface area contributed by atoms with Crippen LogP contribution < -0.4 is 20.1 Å². The number of methoxy groups -OCH3 is 2. The van der Waals surface area contributed by atoms with Crippen LogP contribution in [0.3, 0.4) is 0 Å². The Morgan fingerprint density at radius 2 is 2.00 bits per heavy atom. The Labute approximate surface area is 126 Å². The number of benzene rings is 1. The van der Waals surface area contributed by atoms with Crippen molar-refractivity contribution in [3.8, 4) is 11.5 Å². The van der Waals surface area contributed by atoms with Crippen molar-refractivity contribution in [2.45, 2.75) is 19.8 Å². The van der Waals surface area contributed by atoms with Crippen molar-refractivity contribution < 1.29 is 14.3 Å². The van der Waals surface area contributed by atoms with E-state index in [1.54, 1.807) is 32.4 Å². The van der Waals surface area contributed by atoms with Crippen LogP contribution in [0.1, 0.15) is 30.1 Å². The Morgan fingerprint density at radius 3 is 2.62 bits per heavy atom. The molecule has 0 saturated carbocycles. The van der Waals surface area contributed by atoms with Crippen molar-refractivity contribution in [3.63, 3.8) is 0 Å². The van der Waals surface area contributed by atoms with Crippen LogP contribution in [0.2, 0.25) is 0 Å². The molecule has 5 nitrogen and oxygen atoms in total. The van der Waals surface area contributed by atoms with E-state index in [2.05, 4.69) is 17.6 Å². The van der Waals surface area contributed by atoms with Gasteiger partial charge < -0.3 is 20.1 Å². The molecule has 0 radical (unpaired) electrons. The van der Waals surface area contributed by atoms with E-state index >= 15 is 0 Å². The van der Waals surface area contributed by atoms with Gasteiger partial charge in [0, 0.05) is 6.54 Å². The zero-order chi connectivity index (χ0) is 15.3. The third kappa shape index (κ3) is 3.67. The molecule has 1 aromatic carbocycles. The molecule has 1 heterocycles. The van der Waals surface area contributed by atoms with Crippen molar-refractivity contribution in [1.29, 1.82) is 0 Å². The maximum absolute atomic E-state index is 12.4. The van der Waals surface area contributed by atoms with Gasteiger partial charge in [-0.1, -0.05) is 13.0 Å². The Hall–Kier alpha value is -1.75. The van der Waals surface area contributed by atoms with Crippen molar-refractivity contribution in [3.05, 3.63) is 23.8 Å². The smallest absolute Gasteiger partial charge is 0.255 e. The number of rotatable bonds is 5. The molecule has 1 saturated heterocycles. The summed E-state index contributed by atoms with van der Waals surface area (Å²) in [6, 6.07) is 5.33. The summed E-state index contributed by atoms with van der Waals surface area (Å²) in [7, 11) is 3.11. The topological polar surface area (TPSA) is 59.6 Å². The summed E-state index contributed by atoms with van der Waals surface area (Å²) in [6.45, 7) is 4.91. The molecule has 0 unspecified atom stereocenters. The van der Waals surface area contributed by atoms with Gasteiger partial charge in [0.1, 0.15) is 0 Å². The number of nitrogens with one attached hydrogen (secondary N) is 2. The van der Waals surface area contributed by atoms with E-state index in [1.807, 2.05) is 0 Å². The second kappa shape index (κ2) is 6.80. The van der Waals surface area contributed by atoms with Crippen molar-refractivity contribution in [1.82, 2.24) is 10.6 Å². The molecule has 1 amide bonds. The van der Waals surface area contributed by atoms with Crippen LogP contribution in [0.25, 0.3) is 0 Å². The third-order valence-electron chi connectivity index (χ3n) is 4.13. The highest BCUT2D eigenvalue weighted by atomic mass is 16.5. The van der Waals surface area contributed by atoms with Crippen molar-refractivity contribution in [2.24, 2.45) is 5.41 Å². The lowest BCUT2D eigenvalue weighted by atomic mass is 9.81. The van der Waals surface area contributed by atoms with Gasteiger partial charge in [0.15, 0.2) is 11.5 Å². The molecule has 2 N–H and O–H groups in total. The molecule has 0 atom stereocenters. The van der Waals surface area contributed by atoms with E-state index in [0.717, 1.165) is 25.9 Å². The van der Waals surface area contributed by atoms with Crippen LogP contribution in [0, 0.1) is 5.41 Å². The summed E-state index contributed by atoms with van der Waals surface area (Å²) in [6.07, 6.45) is 2.14. The highest BCUT2D eigenvalue weighted by molar-refractivity contribution is 5.97. The zero-order valence-corrected chi connectivity index (χ0v) is 13.0. The molecule has 0 spiro atoms. The molecule has 0 bridgehead atoms. The van der Waals surface area contributed by atoms with Gasteiger partial charge in [-0.3, -0.25) is 4.79 Å². The molecule has 1 fully saturated rings. The molecule has 116 valence electrons. The van der Waals surface area contributed by atoms with Gasteiger partial charge >= 0.3 is 0 Å². The lowest BCUT2D eigenvalue weighted by Gasteiger charge is -2.34. The Kier molecular flexibility index (Phi) is 5.07. The van der Waals surface area contributed by atoms with E-state index in [0.29, 0.717) is 23.6 Å². The van der Waals surface area contributed by atoms with Crippen LogP contribution in [0.5, 0.6) is 11.5 Å². The first kappa shape index (κ1) is 15.6. The van der Waals surface area contributed by atoms with Gasteiger partial charge in [-0.15, -0.1) is 0 Å². The minimum Gasteiger partial charge on any atom is -0.493 e. The molecule has 2 rings (SSSR count). The van der Waals surface area contributed by atoms with Crippen LogP contribution in [0.15, 0.2) is 18.2 Å². The van der Waals surface area contributed by atoms with Crippen LogP contribution in [0.4, 0.5) is 0 Å². The molecule has 1 aromatic rings. The second-order valence-electron chi connectivity index (χ2n) is 5.78. The summed E-state index contributed by atoms with van der Waals surface area (Å²) in [5.74, 6) is 0.927. The fraction of sp³-hybridized carbons (Fsp3) is 0.562. The first-order valence-corrected chi connectivity index (χ1v) is 7.29. The number of carbonyl (C=O) groups is 1. The zero-order valence-electron chi connectivity index (χ0n) is 13.0. The summed E-state index contributed by atoms with van der Waals surface area (Å²) < 4.78 is 10.5. The van der Waals surface area contributed by atoms with Crippen LogP contribution >= 0.6 is 0 Å². The molecule has 5 heteroatoms. The van der Waals surface area contributed by atoms with Gasteiger partial charge in [-0.2, -0.15) is 0 Å². The second-order valence-corrected chi connectivity index (χ2v) is 5.78. The predicted octanol–water partition coefficient (Wildman–Crippen LogP) is 1.82. The summed E-state index contributed by atoms with van der Waals surface area (Å²) >= 11 is 0. The Morgan fingerprint density at radius 1 is 1.29 bits per heavy atom. The van der Waals surface area contributed by atoms with Gasteiger partial charge in [0.05, 0.1) is 19.8 Å². The fourth-order valence-corrected chi connectivity index (χ4v) is 2.66. The molecule has 0 aromatic heterocycles. The molecule has 0 aliphatic carbocycles. The first-order chi connectivity index (χ1) is 10.1. The lowest BCUT2D eigenvalue weighted by molar-refractivity contribution is 0.0918. The Bertz CT molecular complexity index is 496. The van der Waals surface area contributed by atoms with E-state index < -0.39 is 0 Å². The van der Waals surface area contributed by atoms with E-state index in [4.69, 9.17) is 9.47 Å². The number of amides is 1. The average Bonchev–Trinajstić information content (AvgIpc) is 2.52. The number of carbonyl (C=O) groups excluding carboxylic acids is 1. The fourth-order valence-electron chi connectivity index (χ4n) is 2.66. The van der Waals surface area contributed by atoms with Crippen LogP contribution in [-0.2, 0) is 0 Å². The quantitative estimate of drug-likeness (QED) is 0.869. The van der Waals surface area contributed by atoms with Gasteiger partial charge in [0.25, 0.3) is 5.91 Å². The van der Waals surface area contributed by atoms with E-state index in [1.165, 1.54) is 0 Å². The predicted molar refractivity (Wildman–Crippen MR) is 82.1 cm³/mol. The largest absolute Gasteiger partial charge is 0.493 e.